The fourth-order valence-electron chi connectivity index (χ4n) is 4.50. The molecule has 1 aromatic rings. The lowest BCUT2D eigenvalue weighted by Crippen LogP contribution is -2.34. The zero-order valence-corrected chi connectivity index (χ0v) is 23.6. The zero-order chi connectivity index (χ0) is 24.6. The number of rotatable bonds is 20. The molecule has 1 aromatic carbocycles. The fourth-order valence-corrected chi connectivity index (χ4v) is 4.50. The summed E-state index contributed by atoms with van der Waals surface area (Å²) in [6.45, 7) is 5.16. The molecule has 0 bridgehead atoms. The van der Waals surface area contributed by atoms with E-state index in [9.17, 15) is 0 Å². The van der Waals surface area contributed by atoms with Crippen molar-refractivity contribution in [3.63, 3.8) is 0 Å². The first-order chi connectivity index (χ1) is 15.6. The van der Waals surface area contributed by atoms with Crippen LogP contribution in [0.1, 0.15) is 108 Å². The van der Waals surface area contributed by atoms with Crippen LogP contribution in [0.15, 0.2) is 18.2 Å². The summed E-state index contributed by atoms with van der Waals surface area (Å²) in [5.74, 6) is 1.10. The molecule has 0 amide bonds. The molecule has 0 aliphatic rings. The number of ether oxygens (including phenoxy) is 1. The molecule has 0 N–H and O–H groups in total. The van der Waals surface area contributed by atoms with Gasteiger partial charge < -0.3 is 13.7 Å². The Balaban J connectivity index is 2.22. The third kappa shape index (κ3) is 17.1. The van der Waals surface area contributed by atoms with Gasteiger partial charge in [0.25, 0.3) is 0 Å². The Morgan fingerprint density at radius 2 is 1.03 bits per heavy atom. The molecular weight excluding hydrogens is 404 g/mol. The molecule has 3 heteroatoms. The third-order valence-electron chi connectivity index (χ3n) is 6.19. The first-order valence-electron chi connectivity index (χ1n) is 14.0. The molecule has 0 fully saturated rings. The van der Waals surface area contributed by atoms with Gasteiger partial charge in [-0.1, -0.05) is 96.5 Å². The van der Waals surface area contributed by atoms with Crippen molar-refractivity contribution in [2.45, 2.75) is 110 Å². The van der Waals surface area contributed by atoms with Crippen molar-refractivity contribution in [3.8, 4) is 5.75 Å². The molecule has 0 heterocycles. The summed E-state index contributed by atoms with van der Waals surface area (Å²) in [5, 5.41) is 0. The molecule has 0 radical (unpaired) electrons. The summed E-state index contributed by atoms with van der Waals surface area (Å²) < 4.78 is 8.19. The molecule has 0 unspecified atom stereocenters. The second-order valence-corrected chi connectivity index (χ2v) is 12.3. The van der Waals surface area contributed by atoms with Gasteiger partial charge in [-0.3, -0.25) is 0 Å². The maximum atomic E-state index is 6.33. The van der Waals surface area contributed by atoms with E-state index in [0.717, 1.165) is 34.4 Å². The van der Waals surface area contributed by atoms with Crippen LogP contribution in [-0.2, 0) is 13.1 Å². The van der Waals surface area contributed by atoms with E-state index in [0.29, 0.717) is 0 Å². The van der Waals surface area contributed by atoms with Gasteiger partial charge in [-0.15, -0.1) is 0 Å². The second kappa shape index (κ2) is 16.5. The summed E-state index contributed by atoms with van der Waals surface area (Å²) in [5.41, 5.74) is 2.70. The molecule has 3 nitrogen and oxygen atoms in total. The van der Waals surface area contributed by atoms with Crippen molar-refractivity contribution in [1.82, 2.24) is 0 Å². The van der Waals surface area contributed by atoms with Crippen molar-refractivity contribution in [1.29, 1.82) is 0 Å². The van der Waals surface area contributed by atoms with Crippen LogP contribution in [-0.4, -0.2) is 57.9 Å². The van der Waals surface area contributed by atoms with E-state index in [1.165, 1.54) is 101 Å². The molecule has 192 valence electrons. The molecule has 0 saturated carbocycles. The highest BCUT2D eigenvalue weighted by atomic mass is 16.5. The minimum atomic E-state index is 0.843. The van der Waals surface area contributed by atoms with Crippen molar-refractivity contribution in [2.24, 2.45) is 0 Å². The Kier molecular flexibility index (Phi) is 15.0. The first kappa shape index (κ1) is 30.0. The van der Waals surface area contributed by atoms with Crippen LogP contribution in [0.2, 0.25) is 0 Å². The van der Waals surface area contributed by atoms with Gasteiger partial charge >= 0.3 is 0 Å². The number of quaternary nitrogens is 2. The fraction of sp³-hybridized carbons (Fsp3) is 0.800. The minimum absolute atomic E-state index is 0.843. The molecule has 0 spiro atoms. The smallest absolute Gasteiger partial charge is 0.128 e. The summed E-state index contributed by atoms with van der Waals surface area (Å²) in [7, 11) is 13.5. The van der Waals surface area contributed by atoms with Crippen molar-refractivity contribution >= 4 is 0 Å². The van der Waals surface area contributed by atoms with Crippen molar-refractivity contribution < 1.29 is 13.7 Å². The monoisotopic (exact) mass is 462 g/mol. The van der Waals surface area contributed by atoms with Crippen LogP contribution in [0.3, 0.4) is 0 Å². The largest absolute Gasteiger partial charge is 0.493 e. The molecule has 0 aromatic heterocycles. The van der Waals surface area contributed by atoms with Crippen molar-refractivity contribution in [3.05, 3.63) is 29.3 Å². The Bertz CT molecular complexity index is 613. The third-order valence-corrected chi connectivity index (χ3v) is 6.19. The highest BCUT2D eigenvalue weighted by molar-refractivity contribution is 5.37. The number of unbranched alkanes of at least 4 members (excludes halogenated alkanes) is 13. The van der Waals surface area contributed by atoms with E-state index >= 15 is 0 Å². The summed E-state index contributed by atoms with van der Waals surface area (Å²) >= 11 is 0. The van der Waals surface area contributed by atoms with Gasteiger partial charge in [-0.2, -0.15) is 0 Å². The SMILES string of the molecule is CCCCCCCCCCCCCCCCOc1cc(C[N+](C)(C)C)ccc1C[N+](C)(C)C. The average Bonchev–Trinajstić information content (AvgIpc) is 2.70. The Morgan fingerprint density at radius 3 is 1.48 bits per heavy atom. The van der Waals surface area contributed by atoms with Gasteiger partial charge in [0.1, 0.15) is 18.8 Å². The quantitative estimate of drug-likeness (QED) is 0.141. The number of hydrogen-bond acceptors (Lipinski definition) is 1. The summed E-state index contributed by atoms with van der Waals surface area (Å²) in [6.07, 6.45) is 19.5. The Morgan fingerprint density at radius 1 is 0.576 bits per heavy atom. The normalized spacial score (nSPS) is 12.3. The van der Waals surface area contributed by atoms with E-state index in [1.54, 1.807) is 0 Å². The minimum Gasteiger partial charge on any atom is -0.493 e. The van der Waals surface area contributed by atoms with E-state index < -0.39 is 0 Å². The lowest BCUT2D eigenvalue weighted by molar-refractivity contribution is -0.884. The molecule has 0 atom stereocenters. The van der Waals surface area contributed by atoms with Crippen molar-refractivity contribution in [2.75, 3.05) is 48.9 Å². The number of benzene rings is 1. The number of nitrogens with zero attached hydrogens (tertiary/aromatic N) is 2. The predicted octanol–water partition coefficient (Wildman–Crippen LogP) is 7.96. The standard InChI is InChI=1S/C30H58N2O/c1-8-9-10-11-12-13-14-15-16-17-18-19-20-21-24-33-30-25-28(26-31(2,3)4)22-23-29(30)27-32(5,6)7/h22-23,25H,8-21,24,26-27H2,1-7H3/q+2. The maximum absolute atomic E-state index is 6.33. The molecule has 0 saturated heterocycles. The molecule has 33 heavy (non-hydrogen) atoms. The van der Waals surface area contributed by atoms with E-state index in [1.807, 2.05) is 0 Å². The van der Waals surface area contributed by atoms with E-state index in [2.05, 4.69) is 67.4 Å². The van der Waals surface area contributed by atoms with Crippen LogP contribution < -0.4 is 4.74 Å². The maximum Gasteiger partial charge on any atom is 0.128 e. The van der Waals surface area contributed by atoms with Gasteiger partial charge in [0.05, 0.1) is 48.9 Å². The van der Waals surface area contributed by atoms with Gasteiger partial charge in [-0.05, 0) is 18.6 Å². The van der Waals surface area contributed by atoms with Crippen LogP contribution in [0.5, 0.6) is 5.75 Å². The topological polar surface area (TPSA) is 9.23 Å². The van der Waals surface area contributed by atoms with Gasteiger partial charge in [0.15, 0.2) is 0 Å². The highest BCUT2D eigenvalue weighted by Crippen LogP contribution is 2.25. The van der Waals surface area contributed by atoms with Crippen LogP contribution in [0, 0.1) is 0 Å². The van der Waals surface area contributed by atoms with Crippen LogP contribution >= 0.6 is 0 Å². The molecule has 0 aliphatic carbocycles. The number of hydrogen-bond donors (Lipinski definition) is 0. The predicted molar refractivity (Wildman–Crippen MR) is 146 cm³/mol. The Hall–Kier alpha value is -1.06. The van der Waals surface area contributed by atoms with E-state index in [-0.39, 0.29) is 0 Å². The van der Waals surface area contributed by atoms with Gasteiger partial charge in [0.2, 0.25) is 0 Å². The van der Waals surface area contributed by atoms with Gasteiger partial charge in [0, 0.05) is 11.1 Å². The van der Waals surface area contributed by atoms with Crippen LogP contribution in [0.25, 0.3) is 0 Å². The molecule has 1 rings (SSSR count). The summed E-state index contributed by atoms with van der Waals surface area (Å²) in [4.78, 5) is 0. The summed E-state index contributed by atoms with van der Waals surface area (Å²) in [6, 6.07) is 6.86. The van der Waals surface area contributed by atoms with E-state index in [4.69, 9.17) is 4.74 Å². The average molecular weight is 463 g/mol. The highest BCUT2D eigenvalue weighted by Gasteiger charge is 2.16. The molecule has 0 aliphatic heterocycles. The Labute approximate surface area is 207 Å². The second-order valence-electron chi connectivity index (χ2n) is 12.3. The zero-order valence-electron chi connectivity index (χ0n) is 23.6. The lowest BCUT2D eigenvalue weighted by Gasteiger charge is -2.27. The lowest BCUT2D eigenvalue weighted by atomic mass is 10.0. The van der Waals surface area contributed by atoms with Crippen LogP contribution in [0.4, 0.5) is 0 Å². The van der Waals surface area contributed by atoms with Gasteiger partial charge in [-0.25, -0.2) is 0 Å². The first-order valence-corrected chi connectivity index (χ1v) is 14.0. The molecular formula is C30H58N2O+2.